The van der Waals surface area contributed by atoms with E-state index in [4.69, 9.17) is 4.74 Å². The summed E-state index contributed by atoms with van der Waals surface area (Å²) in [6, 6.07) is 0. The van der Waals surface area contributed by atoms with E-state index in [0.717, 1.165) is 32.7 Å². The molecular formula is C12H27NO3S. The fourth-order valence-corrected chi connectivity index (χ4v) is 2.84. The van der Waals surface area contributed by atoms with Gasteiger partial charge in [-0.05, 0) is 19.4 Å². The minimum atomic E-state index is -2.68. The first-order chi connectivity index (χ1) is 8.05. The van der Waals surface area contributed by atoms with Crippen LogP contribution in [0.1, 0.15) is 33.1 Å². The Morgan fingerprint density at radius 3 is 2.06 bits per heavy atom. The fourth-order valence-electron chi connectivity index (χ4n) is 1.56. The third-order valence-corrected chi connectivity index (χ3v) is 4.28. The summed E-state index contributed by atoms with van der Waals surface area (Å²) in [4.78, 5) is 2.24. The van der Waals surface area contributed by atoms with Gasteiger partial charge in [-0.1, -0.05) is 20.3 Å². The van der Waals surface area contributed by atoms with Crippen molar-refractivity contribution < 1.29 is 13.2 Å². The van der Waals surface area contributed by atoms with Crippen LogP contribution in [-0.4, -0.2) is 58.2 Å². The van der Waals surface area contributed by atoms with E-state index in [9.17, 15) is 8.42 Å². The van der Waals surface area contributed by atoms with E-state index in [2.05, 4.69) is 18.7 Å². The molecule has 0 saturated carbocycles. The molecule has 0 N–H and O–H groups in total. The van der Waals surface area contributed by atoms with Crippen molar-refractivity contribution in [3.05, 3.63) is 0 Å². The van der Waals surface area contributed by atoms with Crippen LogP contribution in [0.15, 0.2) is 0 Å². The highest BCUT2D eigenvalue weighted by Gasteiger charge is 2.20. The van der Waals surface area contributed by atoms with E-state index in [1.807, 2.05) is 0 Å². The van der Waals surface area contributed by atoms with Crippen LogP contribution in [-0.2, 0) is 14.6 Å². The SMILES string of the molecule is CCCCN1CCS(=O)(=O)CC1.CCCOC. The minimum absolute atomic E-state index is 0.358. The molecule has 0 aliphatic carbocycles. The zero-order chi connectivity index (χ0) is 13.1. The topological polar surface area (TPSA) is 46.6 Å². The van der Waals surface area contributed by atoms with Crippen molar-refractivity contribution in [3.8, 4) is 0 Å². The molecule has 5 heteroatoms. The lowest BCUT2D eigenvalue weighted by Gasteiger charge is -2.26. The van der Waals surface area contributed by atoms with Crippen LogP contribution in [0.4, 0.5) is 0 Å². The molecule has 0 aromatic heterocycles. The molecule has 1 rings (SSSR count). The molecule has 1 saturated heterocycles. The van der Waals surface area contributed by atoms with Gasteiger partial charge in [-0.2, -0.15) is 0 Å². The molecular weight excluding hydrogens is 238 g/mol. The third kappa shape index (κ3) is 9.56. The standard InChI is InChI=1S/C8H17NO2S.C4H10O/c1-2-3-4-9-5-7-12(10,11)8-6-9;1-3-4-5-2/h2-8H2,1H3;3-4H2,1-2H3. The number of methoxy groups -OCH3 is 1. The molecule has 0 spiro atoms. The maximum atomic E-state index is 11.0. The van der Waals surface area contributed by atoms with E-state index in [1.165, 1.54) is 12.8 Å². The third-order valence-electron chi connectivity index (χ3n) is 2.67. The Balaban J connectivity index is 0.000000437. The van der Waals surface area contributed by atoms with Gasteiger partial charge in [-0.25, -0.2) is 8.42 Å². The second kappa shape index (κ2) is 9.85. The Bertz CT molecular complexity index is 249. The first kappa shape index (κ1) is 16.9. The zero-order valence-electron chi connectivity index (χ0n) is 11.4. The summed E-state index contributed by atoms with van der Waals surface area (Å²) < 4.78 is 26.8. The van der Waals surface area contributed by atoms with E-state index in [1.54, 1.807) is 7.11 Å². The normalized spacial score (nSPS) is 19.5. The van der Waals surface area contributed by atoms with E-state index < -0.39 is 9.84 Å². The van der Waals surface area contributed by atoms with Gasteiger partial charge < -0.3 is 9.64 Å². The van der Waals surface area contributed by atoms with Gasteiger partial charge in [-0.15, -0.1) is 0 Å². The number of ether oxygens (including phenoxy) is 1. The minimum Gasteiger partial charge on any atom is -0.385 e. The number of nitrogens with zero attached hydrogens (tertiary/aromatic N) is 1. The summed E-state index contributed by atoms with van der Waals surface area (Å²) in [6.07, 6.45) is 3.49. The lowest BCUT2D eigenvalue weighted by Crippen LogP contribution is -2.40. The Morgan fingerprint density at radius 1 is 1.12 bits per heavy atom. The van der Waals surface area contributed by atoms with Crippen molar-refractivity contribution in [2.75, 3.05) is 44.9 Å². The van der Waals surface area contributed by atoms with Gasteiger partial charge in [0, 0.05) is 26.8 Å². The second-order valence-corrected chi connectivity index (χ2v) is 6.64. The van der Waals surface area contributed by atoms with Crippen LogP contribution in [0.25, 0.3) is 0 Å². The van der Waals surface area contributed by atoms with Crippen molar-refractivity contribution in [3.63, 3.8) is 0 Å². The lowest BCUT2D eigenvalue weighted by atomic mass is 10.3. The molecule has 0 unspecified atom stereocenters. The summed E-state index contributed by atoms with van der Waals surface area (Å²) >= 11 is 0. The molecule has 0 atom stereocenters. The summed E-state index contributed by atoms with van der Waals surface area (Å²) in [5.41, 5.74) is 0. The predicted molar refractivity (Wildman–Crippen MR) is 72.2 cm³/mol. The number of unbranched alkanes of at least 4 members (excludes halogenated alkanes) is 1. The second-order valence-electron chi connectivity index (χ2n) is 4.34. The summed E-state index contributed by atoms with van der Waals surface area (Å²) in [5.74, 6) is 0.716. The van der Waals surface area contributed by atoms with Gasteiger partial charge in [-0.3, -0.25) is 0 Å². The molecule has 1 aliphatic heterocycles. The molecule has 1 fully saturated rings. The number of rotatable bonds is 5. The Kier molecular flexibility index (Phi) is 9.78. The number of sulfone groups is 1. The molecule has 0 aromatic rings. The first-order valence-corrected chi connectivity index (χ1v) is 8.29. The quantitative estimate of drug-likeness (QED) is 0.757. The maximum absolute atomic E-state index is 11.0. The molecule has 0 aromatic carbocycles. The first-order valence-electron chi connectivity index (χ1n) is 6.47. The van der Waals surface area contributed by atoms with Crippen molar-refractivity contribution in [2.24, 2.45) is 0 Å². The van der Waals surface area contributed by atoms with Gasteiger partial charge in [0.25, 0.3) is 0 Å². The Hall–Kier alpha value is -0.130. The van der Waals surface area contributed by atoms with Crippen LogP contribution >= 0.6 is 0 Å². The summed E-state index contributed by atoms with van der Waals surface area (Å²) in [5, 5.41) is 0. The van der Waals surface area contributed by atoms with Gasteiger partial charge in [0.15, 0.2) is 9.84 Å². The van der Waals surface area contributed by atoms with Gasteiger partial charge >= 0.3 is 0 Å². The molecule has 1 aliphatic rings. The van der Waals surface area contributed by atoms with Crippen molar-refractivity contribution in [2.45, 2.75) is 33.1 Å². The Labute approximate surface area is 106 Å². The number of hydrogen-bond donors (Lipinski definition) is 0. The molecule has 4 nitrogen and oxygen atoms in total. The molecule has 17 heavy (non-hydrogen) atoms. The fraction of sp³-hybridized carbons (Fsp3) is 1.00. The average molecular weight is 265 g/mol. The van der Waals surface area contributed by atoms with Crippen molar-refractivity contribution >= 4 is 9.84 Å². The Morgan fingerprint density at radius 2 is 1.71 bits per heavy atom. The lowest BCUT2D eigenvalue weighted by molar-refractivity contribution is 0.199. The molecule has 104 valence electrons. The van der Waals surface area contributed by atoms with E-state index in [-0.39, 0.29) is 0 Å². The summed E-state index contributed by atoms with van der Waals surface area (Å²) in [6.45, 7) is 7.67. The molecule has 0 radical (unpaired) electrons. The zero-order valence-corrected chi connectivity index (χ0v) is 12.3. The number of hydrogen-bond acceptors (Lipinski definition) is 4. The average Bonchev–Trinajstić information content (AvgIpc) is 2.30. The van der Waals surface area contributed by atoms with Gasteiger partial charge in [0.1, 0.15) is 0 Å². The maximum Gasteiger partial charge on any atom is 0.152 e. The van der Waals surface area contributed by atoms with Gasteiger partial charge in [0.05, 0.1) is 11.5 Å². The van der Waals surface area contributed by atoms with Crippen molar-refractivity contribution in [1.82, 2.24) is 4.90 Å². The molecule has 0 amide bonds. The highest BCUT2D eigenvalue weighted by Crippen LogP contribution is 2.04. The van der Waals surface area contributed by atoms with Crippen LogP contribution in [0.5, 0.6) is 0 Å². The summed E-state index contributed by atoms with van der Waals surface area (Å²) in [7, 11) is -0.971. The van der Waals surface area contributed by atoms with E-state index >= 15 is 0 Å². The smallest absolute Gasteiger partial charge is 0.152 e. The highest BCUT2D eigenvalue weighted by atomic mass is 32.2. The predicted octanol–water partition coefficient (Wildman–Crippen LogP) is 1.56. The van der Waals surface area contributed by atoms with Crippen LogP contribution in [0, 0.1) is 0 Å². The monoisotopic (exact) mass is 265 g/mol. The van der Waals surface area contributed by atoms with Gasteiger partial charge in [0.2, 0.25) is 0 Å². The molecule has 1 heterocycles. The van der Waals surface area contributed by atoms with E-state index in [0.29, 0.717) is 11.5 Å². The largest absolute Gasteiger partial charge is 0.385 e. The van der Waals surface area contributed by atoms with Crippen LogP contribution in [0.3, 0.4) is 0 Å². The van der Waals surface area contributed by atoms with Crippen LogP contribution in [0.2, 0.25) is 0 Å². The van der Waals surface area contributed by atoms with Crippen LogP contribution < -0.4 is 0 Å². The van der Waals surface area contributed by atoms with Crippen molar-refractivity contribution in [1.29, 1.82) is 0 Å². The highest BCUT2D eigenvalue weighted by molar-refractivity contribution is 7.91. The molecule has 0 bridgehead atoms.